The first-order chi connectivity index (χ1) is 9.13. The van der Waals surface area contributed by atoms with Gasteiger partial charge in [0.25, 0.3) is 0 Å². The van der Waals surface area contributed by atoms with Crippen molar-refractivity contribution >= 4 is 11.9 Å². The third kappa shape index (κ3) is 6.01. The maximum atomic E-state index is 11.7. The van der Waals surface area contributed by atoms with Crippen LogP contribution in [0, 0.1) is 0 Å². The molecule has 0 aliphatic carbocycles. The molecule has 1 aromatic carbocycles. The number of aliphatic carboxylic acids is 1. The number of esters is 1. The minimum absolute atomic E-state index is 0.0197. The van der Waals surface area contributed by atoms with Gasteiger partial charge in [0.2, 0.25) is 0 Å². The van der Waals surface area contributed by atoms with Crippen LogP contribution in [0.2, 0.25) is 0 Å². The van der Waals surface area contributed by atoms with Crippen molar-refractivity contribution in [3.8, 4) is 0 Å². The normalized spacial score (nSPS) is 11.8. The van der Waals surface area contributed by atoms with Crippen molar-refractivity contribution in [2.24, 2.45) is 0 Å². The van der Waals surface area contributed by atoms with E-state index in [1.54, 1.807) is 0 Å². The molecule has 19 heavy (non-hydrogen) atoms. The Balaban J connectivity index is 2.35. The lowest BCUT2D eigenvalue weighted by Crippen LogP contribution is -2.25. The number of methoxy groups -OCH3 is 1. The van der Waals surface area contributed by atoms with Gasteiger partial charge in [0.05, 0.1) is 0 Å². The van der Waals surface area contributed by atoms with Crippen molar-refractivity contribution in [1.82, 2.24) is 0 Å². The Morgan fingerprint density at radius 3 is 2.53 bits per heavy atom. The molecule has 1 unspecified atom stereocenters. The van der Waals surface area contributed by atoms with Gasteiger partial charge in [0, 0.05) is 13.5 Å². The van der Waals surface area contributed by atoms with Crippen LogP contribution in [-0.2, 0) is 25.7 Å². The van der Waals surface area contributed by atoms with Gasteiger partial charge in [-0.25, -0.2) is 4.79 Å². The molecule has 5 nitrogen and oxygen atoms in total. The molecule has 0 saturated carbocycles. The van der Waals surface area contributed by atoms with Crippen LogP contribution >= 0.6 is 0 Å². The van der Waals surface area contributed by atoms with Gasteiger partial charge in [-0.05, 0) is 18.4 Å². The predicted molar refractivity (Wildman–Crippen MR) is 68.5 cm³/mol. The zero-order chi connectivity index (χ0) is 14.1. The van der Waals surface area contributed by atoms with Crippen LogP contribution in [0.3, 0.4) is 0 Å². The third-order valence-corrected chi connectivity index (χ3v) is 2.63. The molecule has 1 aromatic rings. The van der Waals surface area contributed by atoms with E-state index in [2.05, 4.69) is 0 Å². The van der Waals surface area contributed by atoms with Crippen molar-refractivity contribution in [3.63, 3.8) is 0 Å². The summed E-state index contributed by atoms with van der Waals surface area (Å²) in [4.78, 5) is 22.1. The van der Waals surface area contributed by atoms with Crippen molar-refractivity contribution < 1.29 is 24.2 Å². The van der Waals surface area contributed by atoms with Gasteiger partial charge in [0.15, 0.2) is 6.10 Å². The first-order valence-corrected chi connectivity index (χ1v) is 6.08. The lowest BCUT2D eigenvalue weighted by Gasteiger charge is -2.14. The van der Waals surface area contributed by atoms with E-state index in [4.69, 9.17) is 14.6 Å². The minimum atomic E-state index is -0.882. The molecule has 1 rings (SSSR count). The van der Waals surface area contributed by atoms with E-state index in [0.717, 1.165) is 5.56 Å². The summed E-state index contributed by atoms with van der Waals surface area (Å²) in [6, 6.07) is 9.34. The number of carboxylic acid groups (broad SMARTS) is 1. The molecule has 5 heteroatoms. The number of rotatable bonds is 8. The lowest BCUT2D eigenvalue weighted by atomic mass is 10.1. The highest BCUT2D eigenvalue weighted by Gasteiger charge is 2.19. The molecule has 0 aromatic heterocycles. The number of carbonyl (C=O) groups is 2. The van der Waals surface area contributed by atoms with Crippen LogP contribution in [0.4, 0.5) is 0 Å². The fourth-order valence-corrected chi connectivity index (χ4v) is 1.59. The van der Waals surface area contributed by atoms with E-state index >= 15 is 0 Å². The molecule has 0 aliphatic rings. The fraction of sp³-hybridized carbons (Fsp3) is 0.429. The molecule has 0 bridgehead atoms. The Morgan fingerprint density at radius 1 is 1.26 bits per heavy atom. The summed E-state index contributed by atoms with van der Waals surface area (Å²) in [6.07, 6.45) is 0.0411. The van der Waals surface area contributed by atoms with E-state index < -0.39 is 18.0 Å². The van der Waals surface area contributed by atoms with Crippen LogP contribution in [0.1, 0.15) is 24.8 Å². The quantitative estimate of drug-likeness (QED) is 0.728. The zero-order valence-corrected chi connectivity index (χ0v) is 10.9. The number of benzene rings is 1. The first-order valence-electron chi connectivity index (χ1n) is 6.08. The summed E-state index contributed by atoms with van der Waals surface area (Å²) < 4.78 is 10.1. The highest BCUT2D eigenvalue weighted by atomic mass is 16.6. The third-order valence-electron chi connectivity index (χ3n) is 2.63. The van der Waals surface area contributed by atoms with E-state index in [0.29, 0.717) is 12.8 Å². The monoisotopic (exact) mass is 266 g/mol. The second kappa shape index (κ2) is 8.26. The molecule has 0 aliphatic heterocycles. The van der Waals surface area contributed by atoms with E-state index in [1.165, 1.54) is 7.11 Å². The standard InChI is InChI=1S/C14H18O5/c1-18-12(8-5-9-13(15)16)14(17)19-10-11-6-3-2-4-7-11/h2-4,6-7,12H,5,8-10H2,1H3,(H,15,16). The molecule has 0 heterocycles. The molecule has 0 spiro atoms. The second-order valence-corrected chi connectivity index (χ2v) is 4.10. The summed E-state index contributed by atoms with van der Waals surface area (Å²) in [5.41, 5.74) is 0.899. The minimum Gasteiger partial charge on any atom is -0.481 e. The van der Waals surface area contributed by atoms with Crippen LogP contribution in [0.15, 0.2) is 30.3 Å². The SMILES string of the molecule is COC(CCCC(=O)O)C(=O)OCc1ccccc1. The van der Waals surface area contributed by atoms with Crippen molar-refractivity contribution in [2.45, 2.75) is 32.0 Å². The number of hydrogen-bond acceptors (Lipinski definition) is 4. The molecule has 0 radical (unpaired) electrons. The molecule has 0 fully saturated rings. The van der Waals surface area contributed by atoms with Crippen LogP contribution < -0.4 is 0 Å². The van der Waals surface area contributed by atoms with Gasteiger partial charge in [-0.15, -0.1) is 0 Å². The Kier molecular flexibility index (Phi) is 6.60. The summed E-state index contributed by atoms with van der Waals surface area (Å²) >= 11 is 0. The smallest absolute Gasteiger partial charge is 0.335 e. The summed E-state index contributed by atoms with van der Waals surface area (Å²) in [5, 5.41) is 8.53. The summed E-state index contributed by atoms with van der Waals surface area (Å²) in [5.74, 6) is -1.34. The van der Waals surface area contributed by atoms with Gasteiger partial charge >= 0.3 is 11.9 Å². The Labute approximate surface area is 112 Å². The van der Waals surface area contributed by atoms with Gasteiger partial charge in [-0.1, -0.05) is 30.3 Å². The van der Waals surface area contributed by atoms with Crippen molar-refractivity contribution in [3.05, 3.63) is 35.9 Å². The topological polar surface area (TPSA) is 72.8 Å². The molecule has 0 saturated heterocycles. The van der Waals surface area contributed by atoms with Crippen molar-refractivity contribution in [2.75, 3.05) is 7.11 Å². The van der Waals surface area contributed by atoms with Gasteiger partial charge < -0.3 is 14.6 Å². The number of hydrogen-bond donors (Lipinski definition) is 1. The van der Waals surface area contributed by atoms with Crippen LogP contribution in [0.25, 0.3) is 0 Å². The molecule has 1 atom stereocenters. The predicted octanol–water partition coefficient (Wildman–Crippen LogP) is 2.00. The van der Waals surface area contributed by atoms with E-state index in [-0.39, 0.29) is 13.0 Å². The van der Waals surface area contributed by atoms with Gasteiger partial charge in [-0.2, -0.15) is 0 Å². The molecular formula is C14H18O5. The highest BCUT2D eigenvalue weighted by molar-refractivity contribution is 5.74. The maximum absolute atomic E-state index is 11.7. The van der Waals surface area contributed by atoms with E-state index in [9.17, 15) is 9.59 Å². The average molecular weight is 266 g/mol. The largest absolute Gasteiger partial charge is 0.481 e. The Bertz CT molecular complexity index is 402. The second-order valence-electron chi connectivity index (χ2n) is 4.10. The molecule has 104 valence electrons. The van der Waals surface area contributed by atoms with Crippen LogP contribution in [0.5, 0.6) is 0 Å². The lowest BCUT2D eigenvalue weighted by molar-refractivity contribution is -0.157. The summed E-state index contributed by atoms with van der Waals surface area (Å²) in [6.45, 7) is 0.193. The summed E-state index contributed by atoms with van der Waals surface area (Å²) in [7, 11) is 1.41. The van der Waals surface area contributed by atoms with Crippen molar-refractivity contribution in [1.29, 1.82) is 0 Å². The Morgan fingerprint density at radius 2 is 1.95 bits per heavy atom. The molecule has 0 amide bonds. The fourth-order valence-electron chi connectivity index (χ4n) is 1.59. The Hall–Kier alpha value is -1.88. The van der Waals surface area contributed by atoms with Gasteiger partial charge in [0.1, 0.15) is 6.61 Å². The van der Waals surface area contributed by atoms with Gasteiger partial charge in [-0.3, -0.25) is 4.79 Å². The van der Waals surface area contributed by atoms with E-state index in [1.807, 2.05) is 30.3 Å². The number of carbonyl (C=O) groups excluding carboxylic acids is 1. The highest BCUT2D eigenvalue weighted by Crippen LogP contribution is 2.08. The molecule has 1 N–H and O–H groups in total. The maximum Gasteiger partial charge on any atom is 0.335 e. The first kappa shape index (κ1) is 15.2. The number of carboxylic acids is 1. The average Bonchev–Trinajstić information content (AvgIpc) is 2.42. The zero-order valence-electron chi connectivity index (χ0n) is 10.9. The number of ether oxygens (including phenoxy) is 2. The van der Waals surface area contributed by atoms with Crippen LogP contribution in [-0.4, -0.2) is 30.3 Å². The molecular weight excluding hydrogens is 248 g/mol.